The van der Waals surface area contributed by atoms with Crippen LogP contribution in [0.4, 0.5) is 20.2 Å². The number of nitrogens with one attached hydrogen (secondary N) is 2. The number of halogens is 2. The Bertz CT molecular complexity index is 554. The Morgan fingerprint density at radius 2 is 2.12 bits per heavy atom. The number of nitrogen functional groups attached to an aromatic ring is 1. The summed E-state index contributed by atoms with van der Waals surface area (Å²) in [6.07, 6.45) is 2.77. The molecule has 0 saturated heterocycles. The summed E-state index contributed by atoms with van der Waals surface area (Å²) >= 11 is 0. The number of nitrogens with zero attached hydrogens (tertiary/aromatic N) is 1. The minimum absolute atomic E-state index is 0.288. The largest absolute Gasteiger partial charge is 0.396 e. The van der Waals surface area contributed by atoms with Crippen molar-refractivity contribution in [2.24, 2.45) is 0 Å². The summed E-state index contributed by atoms with van der Waals surface area (Å²) in [6.45, 7) is 0. The van der Waals surface area contributed by atoms with Gasteiger partial charge in [0.25, 0.3) is 5.91 Å². The molecule has 2 aromatic rings. The lowest BCUT2D eigenvalue weighted by Crippen LogP contribution is -2.14. The lowest BCUT2D eigenvalue weighted by Gasteiger charge is -2.05. The van der Waals surface area contributed by atoms with Gasteiger partial charge >= 0.3 is 0 Å². The maximum Gasteiger partial charge on any atom is 0.258 e. The Labute approximate surface area is 94.6 Å². The minimum Gasteiger partial charge on any atom is -0.396 e. The average molecular weight is 238 g/mol. The van der Waals surface area contributed by atoms with Crippen molar-refractivity contribution in [2.75, 3.05) is 11.1 Å². The van der Waals surface area contributed by atoms with Gasteiger partial charge in [-0.2, -0.15) is 5.10 Å². The number of carbonyl (C=O) groups is 1. The molecule has 0 atom stereocenters. The molecule has 0 bridgehead atoms. The standard InChI is InChI=1S/C10H8F2N4O/c11-7-2-8(12)9(13)1-6(7)10(17)16-5-3-14-15-4-5/h1-4H,13H2,(H,14,15)(H,16,17). The van der Waals surface area contributed by atoms with Gasteiger partial charge in [-0.25, -0.2) is 8.78 Å². The number of hydrogen-bond acceptors (Lipinski definition) is 3. The van der Waals surface area contributed by atoms with Crippen LogP contribution in [-0.2, 0) is 0 Å². The van der Waals surface area contributed by atoms with Crippen molar-refractivity contribution in [1.29, 1.82) is 0 Å². The number of H-pyrrole nitrogens is 1. The second-order valence-electron chi connectivity index (χ2n) is 3.29. The summed E-state index contributed by atoms with van der Waals surface area (Å²) in [5, 5.41) is 8.46. The first-order chi connectivity index (χ1) is 8.08. The van der Waals surface area contributed by atoms with Crippen LogP contribution in [0.15, 0.2) is 24.5 Å². The van der Waals surface area contributed by atoms with E-state index in [-0.39, 0.29) is 11.3 Å². The van der Waals surface area contributed by atoms with E-state index in [1.165, 1.54) is 12.4 Å². The number of nitrogens with two attached hydrogens (primary N) is 1. The van der Waals surface area contributed by atoms with Crippen molar-refractivity contribution in [2.45, 2.75) is 0 Å². The van der Waals surface area contributed by atoms with Crippen LogP contribution in [0.3, 0.4) is 0 Å². The highest BCUT2D eigenvalue weighted by molar-refractivity contribution is 6.04. The van der Waals surface area contributed by atoms with Gasteiger partial charge in [-0.1, -0.05) is 0 Å². The van der Waals surface area contributed by atoms with E-state index in [4.69, 9.17) is 5.73 Å². The monoisotopic (exact) mass is 238 g/mol. The fourth-order valence-corrected chi connectivity index (χ4v) is 1.26. The molecule has 0 aliphatic heterocycles. The Balaban J connectivity index is 2.28. The summed E-state index contributed by atoms with van der Waals surface area (Å²) in [7, 11) is 0. The number of anilines is 2. The zero-order chi connectivity index (χ0) is 12.4. The molecule has 0 fully saturated rings. The molecule has 88 valence electrons. The molecule has 1 amide bonds. The maximum absolute atomic E-state index is 13.3. The number of benzene rings is 1. The van der Waals surface area contributed by atoms with Crippen LogP contribution in [0.1, 0.15) is 10.4 Å². The van der Waals surface area contributed by atoms with Gasteiger partial charge in [0.05, 0.1) is 23.1 Å². The van der Waals surface area contributed by atoms with Crippen molar-refractivity contribution in [3.63, 3.8) is 0 Å². The zero-order valence-electron chi connectivity index (χ0n) is 8.50. The van der Waals surface area contributed by atoms with Crippen molar-refractivity contribution in [3.8, 4) is 0 Å². The predicted octanol–water partition coefficient (Wildman–Crippen LogP) is 1.52. The van der Waals surface area contributed by atoms with Gasteiger partial charge in [0.2, 0.25) is 0 Å². The Hall–Kier alpha value is -2.44. The molecule has 5 nitrogen and oxygen atoms in total. The minimum atomic E-state index is -0.974. The van der Waals surface area contributed by atoms with Crippen molar-refractivity contribution < 1.29 is 13.6 Å². The van der Waals surface area contributed by atoms with Crippen LogP contribution in [0, 0.1) is 11.6 Å². The summed E-state index contributed by atoms with van der Waals surface area (Å²) in [6, 6.07) is 1.51. The van der Waals surface area contributed by atoms with Gasteiger partial charge in [0.1, 0.15) is 11.6 Å². The lowest BCUT2D eigenvalue weighted by atomic mass is 10.1. The molecular weight excluding hydrogens is 230 g/mol. The fraction of sp³-hybridized carbons (Fsp3) is 0. The second-order valence-corrected chi connectivity index (χ2v) is 3.29. The SMILES string of the molecule is Nc1cc(C(=O)Nc2cn[nH]c2)c(F)cc1F. The maximum atomic E-state index is 13.3. The first-order valence-corrected chi connectivity index (χ1v) is 4.62. The molecule has 0 unspecified atom stereocenters. The summed E-state index contributed by atoms with van der Waals surface area (Å²) < 4.78 is 26.2. The molecule has 1 aromatic carbocycles. The topological polar surface area (TPSA) is 83.8 Å². The Kier molecular flexibility index (Phi) is 2.73. The first-order valence-electron chi connectivity index (χ1n) is 4.62. The lowest BCUT2D eigenvalue weighted by molar-refractivity contribution is 0.102. The molecule has 17 heavy (non-hydrogen) atoms. The molecule has 1 aromatic heterocycles. The van der Waals surface area contributed by atoms with Crippen LogP contribution < -0.4 is 11.1 Å². The highest BCUT2D eigenvalue weighted by Gasteiger charge is 2.15. The zero-order valence-corrected chi connectivity index (χ0v) is 8.50. The predicted molar refractivity (Wildman–Crippen MR) is 57.3 cm³/mol. The third kappa shape index (κ3) is 2.22. The highest BCUT2D eigenvalue weighted by Crippen LogP contribution is 2.17. The van der Waals surface area contributed by atoms with Gasteiger partial charge in [-0.05, 0) is 6.07 Å². The van der Waals surface area contributed by atoms with Crippen LogP contribution in [0.25, 0.3) is 0 Å². The van der Waals surface area contributed by atoms with Gasteiger partial charge in [-0.15, -0.1) is 0 Å². The molecule has 0 saturated carbocycles. The Morgan fingerprint density at radius 3 is 2.76 bits per heavy atom. The smallest absolute Gasteiger partial charge is 0.258 e. The van der Waals surface area contributed by atoms with Gasteiger partial charge < -0.3 is 11.1 Å². The van der Waals surface area contributed by atoms with E-state index in [9.17, 15) is 13.6 Å². The fourth-order valence-electron chi connectivity index (χ4n) is 1.26. The summed E-state index contributed by atoms with van der Waals surface area (Å²) in [5.74, 6) is -2.60. The highest BCUT2D eigenvalue weighted by atomic mass is 19.1. The molecule has 0 spiro atoms. The van der Waals surface area contributed by atoms with Crippen molar-refractivity contribution >= 4 is 17.3 Å². The number of aromatic amines is 1. The number of hydrogen-bond donors (Lipinski definition) is 3. The third-order valence-electron chi connectivity index (χ3n) is 2.09. The van der Waals surface area contributed by atoms with Gasteiger partial charge in [-0.3, -0.25) is 9.89 Å². The van der Waals surface area contributed by atoms with E-state index in [2.05, 4.69) is 15.5 Å². The summed E-state index contributed by atoms with van der Waals surface area (Å²) in [4.78, 5) is 11.6. The van der Waals surface area contributed by atoms with Gasteiger partial charge in [0, 0.05) is 12.3 Å². The van der Waals surface area contributed by atoms with E-state index in [0.717, 1.165) is 6.07 Å². The van der Waals surface area contributed by atoms with Gasteiger partial charge in [0.15, 0.2) is 0 Å². The number of amides is 1. The molecule has 1 heterocycles. The van der Waals surface area contributed by atoms with Crippen LogP contribution >= 0.6 is 0 Å². The molecular formula is C10H8F2N4O. The first kappa shape index (κ1) is 11.1. The van der Waals surface area contributed by atoms with E-state index < -0.39 is 17.5 Å². The van der Waals surface area contributed by atoms with E-state index >= 15 is 0 Å². The molecule has 0 aliphatic carbocycles. The van der Waals surface area contributed by atoms with E-state index in [0.29, 0.717) is 11.8 Å². The molecule has 4 N–H and O–H groups in total. The Morgan fingerprint density at radius 1 is 1.35 bits per heavy atom. The molecule has 7 heteroatoms. The summed E-state index contributed by atoms with van der Waals surface area (Å²) in [5.41, 5.74) is 5.02. The second kappa shape index (κ2) is 4.20. The van der Waals surface area contributed by atoms with Crippen LogP contribution in [0.5, 0.6) is 0 Å². The van der Waals surface area contributed by atoms with Crippen molar-refractivity contribution in [1.82, 2.24) is 10.2 Å². The molecule has 2 rings (SSSR count). The van der Waals surface area contributed by atoms with Crippen LogP contribution in [-0.4, -0.2) is 16.1 Å². The normalized spacial score (nSPS) is 10.2. The third-order valence-corrected chi connectivity index (χ3v) is 2.09. The average Bonchev–Trinajstić information content (AvgIpc) is 2.76. The van der Waals surface area contributed by atoms with E-state index in [1.807, 2.05) is 0 Å². The number of carbonyl (C=O) groups excluding carboxylic acids is 1. The van der Waals surface area contributed by atoms with Crippen molar-refractivity contribution in [3.05, 3.63) is 41.7 Å². The molecule has 0 aliphatic rings. The molecule has 0 radical (unpaired) electrons. The quantitative estimate of drug-likeness (QED) is 0.693. The van der Waals surface area contributed by atoms with E-state index in [1.54, 1.807) is 0 Å². The van der Waals surface area contributed by atoms with Crippen LogP contribution in [0.2, 0.25) is 0 Å². The number of rotatable bonds is 2. The number of aromatic nitrogens is 2.